The fourth-order valence-electron chi connectivity index (χ4n) is 2.93. The Balaban J connectivity index is 1.45. The maximum Gasteiger partial charge on any atom is 0.157 e. The number of hydrogen-bond donors (Lipinski definition) is 1. The molecule has 0 fully saturated rings. The minimum absolute atomic E-state index is 0.162. The number of ether oxygens (including phenoxy) is 1. The molecule has 4 nitrogen and oxygen atoms in total. The Bertz CT molecular complexity index is 971. The highest BCUT2D eigenvalue weighted by Gasteiger charge is 2.13. The van der Waals surface area contributed by atoms with Crippen LogP contribution in [0.15, 0.2) is 66.9 Å². The Hall–Kier alpha value is -3.14. The second-order valence-corrected chi connectivity index (χ2v) is 6.56. The molecule has 2 heterocycles. The van der Waals surface area contributed by atoms with Gasteiger partial charge in [0.1, 0.15) is 23.7 Å². The predicted molar refractivity (Wildman–Crippen MR) is 103 cm³/mol. The molecule has 0 spiro atoms. The van der Waals surface area contributed by atoms with Gasteiger partial charge in [-0.1, -0.05) is 48.9 Å². The number of aromatic nitrogens is 3. The predicted octanol–water partition coefficient (Wildman–Crippen LogP) is 5.00. The number of nitrogens with one attached hydrogen (secondary N) is 1. The van der Waals surface area contributed by atoms with Gasteiger partial charge in [0.05, 0.1) is 0 Å². The molecule has 0 saturated heterocycles. The molecule has 0 aliphatic rings. The first-order valence-electron chi connectivity index (χ1n) is 8.78. The van der Waals surface area contributed by atoms with E-state index in [0.717, 1.165) is 22.7 Å². The molecule has 0 amide bonds. The van der Waals surface area contributed by atoms with Gasteiger partial charge in [0, 0.05) is 12.1 Å². The smallest absolute Gasteiger partial charge is 0.157 e. The topological polar surface area (TPSA) is 50.8 Å². The van der Waals surface area contributed by atoms with Crippen LogP contribution >= 0.6 is 0 Å². The molecule has 1 N–H and O–H groups in total. The van der Waals surface area contributed by atoms with Gasteiger partial charge >= 0.3 is 0 Å². The molecule has 0 aliphatic carbocycles. The van der Waals surface area contributed by atoms with E-state index in [1.54, 1.807) is 6.20 Å². The molecule has 2 aromatic carbocycles. The monoisotopic (exact) mass is 343 g/mol. The number of rotatable bonds is 5. The second kappa shape index (κ2) is 7.00. The third-order valence-corrected chi connectivity index (χ3v) is 4.59. The number of hydrogen-bond acceptors (Lipinski definition) is 3. The highest BCUT2D eigenvalue weighted by molar-refractivity contribution is 5.70. The number of H-pyrrole nitrogens is 1. The van der Waals surface area contributed by atoms with Crippen molar-refractivity contribution in [2.45, 2.75) is 26.4 Å². The van der Waals surface area contributed by atoms with Crippen molar-refractivity contribution in [2.24, 2.45) is 0 Å². The van der Waals surface area contributed by atoms with Crippen LogP contribution in [0.5, 0.6) is 5.75 Å². The molecule has 4 heteroatoms. The Labute approximate surface area is 152 Å². The van der Waals surface area contributed by atoms with Crippen LogP contribution in [0.3, 0.4) is 0 Å². The average Bonchev–Trinajstić information content (AvgIpc) is 3.12. The van der Waals surface area contributed by atoms with Crippen LogP contribution in [-0.2, 0) is 6.61 Å². The van der Waals surface area contributed by atoms with Gasteiger partial charge in [-0.25, -0.2) is 9.97 Å². The first-order chi connectivity index (χ1) is 12.7. The number of aromatic amines is 1. The molecule has 1 unspecified atom stereocenters. The van der Waals surface area contributed by atoms with Gasteiger partial charge in [0.25, 0.3) is 0 Å². The molecule has 0 radical (unpaired) electrons. The van der Waals surface area contributed by atoms with Crippen molar-refractivity contribution in [2.75, 3.05) is 0 Å². The van der Waals surface area contributed by atoms with E-state index in [1.165, 1.54) is 16.7 Å². The van der Waals surface area contributed by atoms with Crippen molar-refractivity contribution in [1.82, 2.24) is 15.0 Å². The number of fused-ring (bicyclic) bond motifs is 1. The summed E-state index contributed by atoms with van der Waals surface area (Å²) < 4.78 is 5.89. The quantitative estimate of drug-likeness (QED) is 0.555. The molecular weight excluding hydrogens is 322 g/mol. The zero-order valence-corrected chi connectivity index (χ0v) is 14.9. The van der Waals surface area contributed by atoms with Gasteiger partial charge in [-0.15, -0.1) is 0 Å². The highest BCUT2D eigenvalue weighted by atomic mass is 16.5. The summed E-state index contributed by atoms with van der Waals surface area (Å²) in [6, 6.07) is 20.5. The van der Waals surface area contributed by atoms with Gasteiger partial charge in [0.2, 0.25) is 0 Å². The Morgan fingerprint density at radius 1 is 1.00 bits per heavy atom. The van der Waals surface area contributed by atoms with Gasteiger partial charge in [-0.3, -0.25) is 0 Å². The summed E-state index contributed by atoms with van der Waals surface area (Å²) in [6.45, 7) is 4.80. The summed E-state index contributed by atoms with van der Waals surface area (Å²) in [6.07, 6.45) is 1.77. The summed E-state index contributed by atoms with van der Waals surface area (Å²) in [5.41, 5.74) is 5.34. The van der Waals surface area contributed by atoms with Crippen molar-refractivity contribution < 1.29 is 4.74 Å². The van der Waals surface area contributed by atoms with Crippen molar-refractivity contribution >= 4 is 11.2 Å². The van der Waals surface area contributed by atoms with E-state index in [4.69, 9.17) is 4.74 Å². The van der Waals surface area contributed by atoms with Crippen LogP contribution in [0.25, 0.3) is 11.2 Å². The van der Waals surface area contributed by atoms with E-state index in [0.29, 0.717) is 6.61 Å². The average molecular weight is 343 g/mol. The van der Waals surface area contributed by atoms with E-state index in [2.05, 4.69) is 65.2 Å². The van der Waals surface area contributed by atoms with Crippen LogP contribution in [0.4, 0.5) is 0 Å². The first kappa shape index (κ1) is 16.3. The van der Waals surface area contributed by atoms with Crippen molar-refractivity contribution in [1.29, 1.82) is 0 Å². The lowest BCUT2D eigenvalue weighted by Gasteiger charge is -2.11. The van der Waals surface area contributed by atoms with Crippen molar-refractivity contribution in [3.8, 4) is 5.75 Å². The molecule has 0 saturated carbocycles. The van der Waals surface area contributed by atoms with Crippen LogP contribution < -0.4 is 4.74 Å². The fourth-order valence-corrected chi connectivity index (χ4v) is 2.93. The number of pyridine rings is 1. The summed E-state index contributed by atoms with van der Waals surface area (Å²) in [7, 11) is 0. The molecule has 26 heavy (non-hydrogen) atoms. The van der Waals surface area contributed by atoms with Gasteiger partial charge < -0.3 is 9.72 Å². The number of aryl methyl sites for hydroxylation is 1. The lowest BCUT2D eigenvalue weighted by Crippen LogP contribution is -1.99. The normalized spacial score (nSPS) is 12.2. The Morgan fingerprint density at radius 2 is 1.77 bits per heavy atom. The highest BCUT2D eigenvalue weighted by Crippen LogP contribution is 2.25. The first-order valence-corrected chi connectivity index (χ1v) is 8.78. The number of benzene rings is 2. The SMILES string of the molecule is Cc1ccc(COc2ccc(C(C)c3nc4cccnc4[nH]3)cc2)cc1. The van der Waals surface area contributed by atoms with E-state index in [1.807, 2.05) is 24.3 Å². The molecule has 4 rings (SSSR count). The van der Waals surface area contributed by atoms with Gasteiger partial charge in [-0.05, 0) is 42.3 Å². The van der Waals surface area contributed by atoms with Crippen LogP contribution in [0.2, 0.25) is 0 Å². The van der Waals surface area contributed by atoms with E-state index in [9.17, 15) is 0 Å². The molecule has 0 bridgehead atoms. The van der Waals surface area contributed by atoms with Crippen LogP contribution in [0, 0.1) is 6.92 Å². The molecule has 1 atom stereocenters. The van der Waals surface area contributed by atoms with Crippen molar-refractivity contribution in [3.63, 3.8) is 0 Å². The fraction of sp³-hybridized carbons (Fsp3) is 0.182. The third kappa shape index (κ3) is 3.45. The summed E-state index contributed by atoms with van der Waals surface area (Å²) in [5.74, 6) is 1.95. The number of imidazole rings is 1. The molecule has 0 aliphatic heterocycles. The second-order valence-electron chi connectivity index (χ2n) is 6.56. The molecule has 2 aromatic heterocycles. The maximum atomic E-state index is 5.89. The number of nitrogens with zero attached hydrogens (tertiary/aromatic N) is 2. The third-order valence-electron chi connectivity index (χ3n) is 4.59. The summed E-state index contributed by atoms with van der Waals surface area (Å²) in [5, 5.41) is 0. The largest absolute Gasteiger partial charge is 0.489 e. The van der Waals surface area contributed by atoms with E-state index < -0.39 is 0 Å². The summed E-state index contributed by atoms with van der Waals surface area (Å²) in [4.78, 5) is 12.3. The maximum absolute atomic E-state index is 5.89. The van der Waals surface area contributed by atoms with Crippen LogP contribution in [-0.4, -0.2) is 15.0 Å². The zero-order chi connectivity index (χ0) is 17.9. The van der Waals surface area contributed by atoms with E-state index >= 15 is 0 Å². The van der Waals surface area contributed by atoms with Gasteiger partial charge in [0.15, 0.2) is 5.65 Å². The Morgan fingerprint density at radius 3 is 2.50 bits per heavy atom. The molecule has 130 valence electrons. The lowest BCUT2D eigenvalue weighted by atomic mass is 10.0. The van der Waals surface area contributed by atoms with Crippen LogP contribution in [0.1, 0.15) is 35.4 Å². The summed E-state index contributed by atoms with van der Waals surface area (Å²) >= 11 is 0. The lowest BCUT2D eigenvalue weighted by molar-refractivity contribution is 0.306. The molecular formula is C22H21N3O. The minimum Gasteiger partial charge on any atom is -0.489 e. The zero-order valence-electron chi connectivity index (χ0n) is 14.9. The van der Waals surface area contributed by atoms with Gasteiger partial charge in [-0.2, -0.15) is 0 Å². The Kier molecular flexibility index (Phi) is 4.40. The molecule has 4 aromatic rings. The minimum atomic E-state index is 0.162. The van der Waals surface area contributed by atoms with E-state index in [-0.39, 0.29) is 5.92 Å². The standard InChI is InChI=1S/C22H21N3O/c1-15-5-7-17(8-6-15)14-26-19-11-9-18(10-12-19)16(2)21-24-20-4-3-13-23-22(20)25-21/h3-13,16H,14H2,1-2H3,(H,23,24,25). The van der Waals surface area contributed by atoms with Crippen molar-refractivity contribution in [3.05, 3.63) is 89.4 Å².